The highest BCUT2D eigenvalue weighted by Gasteiger charge is 2.41. The zero-order valence-electron chi connectivity index (χ0n) is 12.0. The van der Waals surface area contributed by atoms with Crippen molar-refractivity contribution in [2.75, 3.05) is 0 Å². The van der Waals surface area contributed by atoms with Crippen LogP contribution in [0.4, 0.5) is 0 Å². The van der Waals surface area contributed by atoms with Crippen molar-refractivity contribution in [2.24, 2.45) is 17.8 Å². The number of rotatable bonds is 7. The highest BCUT2D eigenvalue weighted by Crippen LogP contribution is 2.49. The van der Waals surface area contributed by atoms with Crippen LogP contribution in [-0.2, 0) is 0 Å². The highest BCUT2D eigenvalue weighted by atomic mass is 15.0. The van der Waals surface area contributed by atoms with Crippen molar-refractivity contribution in [3.05, 3.63) is 0 Å². The lowest BCUT2D eigenvalue weighted by atomic mass is 9.83. The third-order valence-electron chi connectivity index (χ3n) is 5.21. The van der Waals surface area contributed by atoms with Crippen LogP contribution in [0, 0.1) is 17.8 Å². The van der Waals surface area contributed by atoms with Crippen LogP contribution in [0.1, 0.15) is 72.1 Å². The van der Waals surface area contributed by atoms with Crippen LogP contribution in [0.3, 0.4) is 0 Å². The molecule has 4 atom stereocenters. The van der Waals surface area contributed by atoms with Crippen LogP contribution in [0.15, 0.2) is 0 Å². The molecule has 1 nitrogen and oxygen atoms in total. The van der Waals surface area contributed by atoms with Gasteiger partial charge in [-0.3, -0.25) is 0 Å². The molecular weight excluding hydrogens is 206 g/mol. The Morgan fingerprint density at radius 3 is 2.24 bits per heavy atom. The molecule has 4 unspecified atom stereocenters. The van der Waals surface area contributed by atoms with E-state index in [1.54, 1.807) is 6.42 Å². The van der Waals surface area contributed by atoms with Crippen molar-refractivity contribution < 1.29 is 0 Å². The molecular formula is C16H31N. The molecule has 0 heterocycles. The largest absolute Gasteiger partial charge is 0.311 e. The average Bonchev–Trinajstić information content (AvgIpc) is 2.91. The number of nitrogens with one attached hydrogen (secondary N) is 1. The van der Waals surface area contributed by atoms with Gasteiger partial charge in [0.05, 0.1) is 0 Å². The van der Waals surface area contributed by atoms with Gasteiger partial charge in [-0.2, -0.15) is 0 Å². The first-order valence-electron chi connectivity index (χ1n) is 8.00. The van der Waals surface area contributed by atoms with Crippen molar-refractivity contribution in [1.82, 2.24) is 5.32 Å². The van der Waals surface area contributed by atoms with Gasteiger partial charge in [-0.25, -0.2) is 0 Å². The Balaban J connectivity index is 1.80. The van der Waals surface area contributed by atoms with Crippen LogP contribution in [-0.4, -0.2) is 12.1 Å². The molecule has 1 N–H and O–H groups in total. The first kappa shape index (κ1) is 13.4. The van der Waals surface area contributed by atoms with Gasteiger partial charge in [0.1, 0.15) is 0 Å². The molecule has 100 valence electrons. The zero-order valence-corrected chi connectivity index (χ0v) is 12.0. The van der Waals surface area contributed by atoms with Crippen LogP contribution in [0.2, 0.25) is 0 Å². The van der Waals surface area contributed by atoms with Gasteiger partial charge in [0.25, 0.3) is 0 Å². The minimum atomic E-state index is 0.758. The van der Waals surface area contributed by atoms with E-state index in [-0.39, 0.29) is 0 Å². The summed E-state index contributed by atoms with van der Waals surface area (Å²) >= 11 is 0. The molecule has 2 aliphatic carbocycles. The van der Waals surface area contributed by atoms with E-state index in [0.29, 0.717) is 0 Å². The molecule has 2 aliphatic rings. The second-order valence-electron chi connectivity index (χ2n) is 6.57. The van der Waals surface area contributed by atoms with E-state index in [4.69, 9.17) is 0 Å². The summed E-state index contributed by atoms with van der Waals surface area (Å²) in [6.45, 7) is 7.07. The first-order valence-corrected chi connectivity index (χ1v) is 8.00. The summed E-state index contributed by atoms with van der Waals surface area (Å²) in [6, 6.07) is 1.53. The second-order valence-corrected chi connectivity index (χ2v) is 6.57. The molecule has 0 aromatic rings. The topological polar surface area (TPSA) is 12.0 Å². The quantitative estimate of drug-likeness (QED) is 0.693. The Labute approximate surface area is 108 Å². The van der Waals surface area contributed by atoms with Gasteiger partial charge in [0.2, 0.25) is 0 Å². The summed E-state index contributed by atoms with van der Waals surface area (Å²) in [5.41, 5.74) is 0. The Kier molecular flexibility index (Phi) is 4.90. The Bertz CT molecular complexity index is 220. The SMILES string of the molecule is CCCC(CCC)NC(C)C1CC2CCC1C2. The third-order valence-corrected chi connectivity index (χ3v) is 5.21. The molecule has 0 amide bonds. The lowest BCUT2D eigenvalue weighted by Crippen LogP contribution is -2.42. The van der Waals surface area contributed by atoms with Crippen molar-refractivity contribution in [3.8, 4) is 0 Å². The predicted molar refractivity (Wildman–Crippen MR) is 75.1 cm³/mol. The molecule has 17 heavy (non-hydrogen) atoms. The van der Waals surface area contributed by atoms with Crippen LogP contribution in [0.5, 0.6) is 0 Å². The van der Waals surface area contributed by atoms with Gasteiger partial charge in [-0.05, 0) is 56.8 Å². The van der Waals surface area contributed by atoms with Gasteiger partial charge in [-0.1, -0.05) is 33.1 Å². The molecule has 0 radical (unpaired) electrons. The Hall–Kier alpha value is -0.0400. The van der Waals surface area contributed by atoms with E-state index >= 15 is 0 Å². The summed E-state index contributed by atoms with van der Waals surface area (Å²) < 4.78 is 0. The Morgan fingerprint density at radius 2 is 1.76 bits per heavy atom. The fraction of sp³-hybridized carbons (Fsp3) is 1.00. The third kappa shape index (κ3) is 3.24. The van der Waals surface area contributed by atoms with Gasteiger partial charge in [-0.15, -0.1) is 0 Å². The molecule has 0 aromatic heterocycles. The summed E-state index contributed by atoms with van der Waals surface area (Å²) in [5, 5.41) is 3.95. The van der Waals surface area contributed by atoms with Crippen LogP contribution >= 0.6 is 0 Å². The van der Waals surface area contributed by atoms with E-state index in [1.165, 1.54) is 44.9 Å². The van der Waals surface area contributed by atoms with E-state index in [2.05, 4.69) is 26.1 Å². The second kappa shape index (κ2) is 6.22. The molecule has 2 bridgehead atoms. The van der Waals surface area contributed by atoms with Crippen LogP contribution < -0.4 is 5.32 Å². The number of hydrogen-bond donors (Lipinski definition) is 1. The number of fused-ring (bicyclic) bond motifs is 2. The lowest BCUT2D eigenvalue weighted by molar-refractivity contribution is 0.237. The van der Waals surface area contributed by atoms with Crippen molar-refractivity contribution in [2.45, 2.75) is 84.2 Å². The number of hydrogen-bond acceptors (Lipinski definition) is 1. The minimum absolute atomic E-state index is 0.758. The van der Waals surface area contributed by atoms with Crippen LogP contribution in [0.25, 0.3) is 0 Å². The summed E-state index contributed by atoms with van der Waals surface area (Å²) in [4.78, 5) is 0. The maximum atomic E-state index is 3.95. The fourth-order valence-electron chi connectivity index (χ4n) is 4.41. The highest BCUT2D eigenvalue weighted by molar-refractivity contribution is 4.94. The predicted octanol–water partition coefficient (Wildman–Crippen LogP) is 4.37. The maximum absolute atomic E-state index is 3.95. The van der Waals surface area contributed by atoms with E-state index in [0.717, 1.165) is 29.8 Å². The van der Waals surface area contributed by atoms with Crippen molar-refractivity contribution >= 4 is 0 Å². The van der Waals surface area contributed by atoms with E-state index in [1.807, 2.05) is 0 Å². The Morgan fingerprint density at radius 1 is 1.06 bits per heavy atom. The molecule has 2 saturated carbocycles. The fourth-order valence-corrected chi connectivity index (χ4v) is 4.41. The molecule has 0 aliphatic heterocycles. The minimum Gasteiger partial charge on any atom is -0.311 e. The zero-order chi connectivity index (χ0) is 12.3. The lowest BCUT2D eigenvalue weighted by Gasteiger charge is -2.32. The summed E-state index contributed by atoms with van der Waals surface area (Å²) in [7, 11) is 0. The van der Waals surface area contributed by atoms with Gasteiger partial charge in [0.15, 0.2) is 0 Å². The van der Waals surface area contributed by atoms with Crippen molar-refractivity contribution in [3.63, 3.8) is 0 Å². The van der Waals surface area contributed by atoms with Gasteiger partial charge in [0, 0.05) is 12.1 Å². The molecule has 0 spiro atoms. The molecule has 2 rings (SSSR count). The molecule has 0 aromatic carbocycles. The van der Waals surface area contributed by atoms with E-state index < -0.39 is 0 Å². The normalized spacial score (nSPS) is 33.5. The molecule has 0 saturated heterocycles. The van der Waals surface area contributed by atoms with Crippen molar-refractivity contribution in [1.29, 1.82) is 0 Å². The summed E-state index contributed by atoms with van der Waals surface area (Å²) in [6.07, 6.45) is 11.5. The maximum Gasteiger partial charge on any atom is 0.00723 e. The summed E-state index contributed by atoms with van der Waals surface area (Å²) in [5.74, 6) is 3.14. The molecule has 1 heteroatoms. The first-order chi connectivity index (χ1) is 8.24. The van der Waals surface area contributed by atoms with Gasteiger partial charge >= 0.3 is 0 Å². The monoisotopic (exact) mass is 237 g/mol. The van der Waals surface area contributed by atoms with Gasteiger partial charge < -0.3 is 5.32 Å². The molecule has 2 fully saturated rings. The average molecular weight is 237 g/mol. The standard InChI is InChI=1S/C16H31N/c1-4-6-15(7-5-2)17-12(3)16-11-13-8-9-14(16)10-13/h12-17H,4-11H2,1-3H3. The van der Waals surface area contributed by atoms with E-state index in [9.17, 15) is 0 Å². The smallest absolute Gasteiger partial charge is 0.00723 e.